The first-order valence-corrected chi connectivity index (χ1v) is 8.44. The van der Waals surface area contributed by atoms with Crippen LogP contribution in [0.15, 0.2) is 18.2 Å². The van der Waals surface area contributed by atoms with Gasteiger partial charge in [0.1, 0.15) is 5.75 Å². The normalized spacial score (nSPS) is 22.2. The number of para-hydroxylation sites is 1. The summed E-state index contributed by atoms with van der Waals surface area (Å²) in [5.74, 6) is 0.345. The smallest absolute Gasteiger partial charge is 0.404 e. The van der Waals surface area contributed by atoms with E-state index in [2.05, 4.69) is 5.32 Å². The van der Waals surface area contributed by atoms with Crippen LogP contribution in [0.3, 0.4) is 0 Å². The van der Waals surface area contributed by atoms with Crippen LogP contribution in [-0.4, -0.2) is 43.0 Å². The third-order valence-electron chi connectivity index (χ3n) is 4.97. The van der Waals surface area contributed by atoms with E-state index in [4.69, 9.17) is 16.3 Å². The van der Waals surface area contributed by atoms with Crippen molar-refractivity contribution in [2.24, 2.45) is 5.41 Å². The Morgan fingerprint density at radius 3 is 2.48 bits per heavy atom. The summed E-state index contributed by atoms with van der Waals surface area (Å²) in [6.07, 6.45) is -11.9. The van der Waals surface area contributed by atoms with Gasteiger partial charge in [-0.3, -0.25) is 0 Å². The molecule has 3 rings (SSSR count). The fourth-order valence-corrected chi connectivity index (χ4v) is 3.62. The van der Waals surface area contributed by atoms with E-state index in [1.54, 1.807) is 18.2 Å². The summed E-state index contributed by atoms with van der Waals surface area (Å²) in [4.78, 5) is 12.9. The zero-order valence-electron chi connectivity index (χ0n) is 13.8. The van der Waals surface area contributed by atoms with Crippen LogP contribution in [0.2, 0.25) is 5.02 Å². The van der Waals surface area contributed by atoms with Crippen molar-refractivity contribution in [3.63, 3.8) is 0 Å². The lowest BCUT2D eigenvalue weighted by Crippen LogP contribution is -2.53. The number of nitrogens with one attached hydrogen (secondary N) is 1. The molecular weight excluding hydrogens is 402 g/mol. The van der Waals surface area contributed by atoms with Crippen molar-refractivity contribution in [2.75, 3.05) is 19.7 Å². The Balaban J connectivity index is 1.77. The molecule has 2 amide bonds. The standard InChI is InChI=1S/C16H15ClF6N2O2/c17-10-3-1-2-9-11(4-7-27-12(9)10)24-13(26)25-6-5-14(8-25,15(18,19)20)16(21,22)23/h1-3,11H,4-8H2,(H,24,26). The van der Waals surface area contributed by atoms with Gasteiger partial charge in [0, 0.05) is 25.1 Å². The highest BCUT2D eigenvalue weighted by Gasteiger charge is 2.73. The lowest BCUT2D eigenvalue weighted by molar-refractivity contribution is -0.334. The third kappa shape index (κ3) is 3.39. The number of hydrogen-bond donors (Lipinski definition) is 1. The van der Waals surface area contributed by atoms with Gasteiger partial charge in [-0.15, -0.1) is 0 Å². The number of ether oxygens (including phenoxy) is 1. The average Bonchev–Trinajstić information content (AvgIpc) is 3.02. The van der Waals surface area contributed by atoms with Crippen molar-refractivity contribution in [2.45, 2.75) is 31.2 Å². The summed E-state index contributed by atoms with van der Waals surface area (Å²) in [6.45, 7) is -1.90. The molecule has 1 aromatic carbocycles. The topological polar surface area (TPSA) is 41.6 Å². The van der Waals surface area contributed by atoms with Gasteiger partial charge in [-0.1, -0.05) is 23.7 Å². The predicted octanol–water partition coefficient (Wildman–Crippen LogP) is 4.69. The van der Waals surface area contributed by atoms with E-state index in [1.165, 1.54) is 0 Å². The summed E-state index contributed by atoms with van der Waals surface area (Å²) in [5.41, 5.74) is -3.38. The summed E-state index contributed by atoms with van der Waals surface area (Å²) in [6, 6.07) is 3.22. The minimum absolute atomic E-state index is 0.205. The molecule has 1 saturated heterocycles. The van der Waals surface area contributed by atoms with Gasteiger partial charge in [0.15, 0.2) is 5.41 Å². The van der Waals surface area contributed by atoms with Gasteiger partial charge in [0.05, 0.1) is 17.7 Å². The Morgan fingerprint density at radius 1 is 1.22 bits per heavy atom. The molecule has 0 radical (unpaired) electrons. The number of rotatable bonds is 1. The van der Waals surface area contributed by atoms with Gasteiger partial charge in [-0.05, 0) is 12.5 Å². The highest BCUT2D eigenvalue weighted by atomic mass is 35.5. The third-order valence-corrected chi connectivity index (χ3v) is 5.26. The maximum Gasteiger partial charge on any atom is 0.404 e. The molecule has 11 heteroatoms. The van der Waals surface area contributed by atoms with E-state index >= 15 is 0 Å². The molecule has 0 aliphatic carbocycles. The van der Waals surface area contributed by atoms with E-state index in [0.717, 1.165) is 0 Å². The quantitative estimate of drug-likeness (QED) is 0.675. The zero-order valence-corrected chi connectivity index (χ0v) is 14.5. The number of carbonyl (C=O) groups is 1. The van der Waals surface area contributed by atoms with Crippen LogP contribution in [0.1, 0.15) is 24.4 Å². The number of carbonyl (C=O) groups excluding carboxylic acids is 1. The molecule has 1 aromatic rings. The van der Waals surface area contributed by atoms with Crippen LogP contribution in [0, 0.1) is 5.41 Å². The Kier molecular flexibility index (Phi) is 4.90. The molecule has 2 aliphatic heterocycles. The van der Waals surface area contributed by atoms with Gasteiger partial charge < -0.3 is 15.0 Å². The Bertz CT molecular complexity index is 723. The van der Waals surface area contributed by atoms with Crippen LogP contribution >= 0.6 is 11.6 Å². The minimum atomic E-state index is -5.50. The SMILES string of the molecule is O=C(NC1CCOc2c(Cl)cccc21)N1CCC(C(F)(F)F)(C(F)(F)F)C1. The van der Waals surface area contributed by atoms with Gasteiger partial charge in [-0.2, -0.15) is 26.3 Å². The van der Waals surface area contributed by atoms with E-state index in [1.807, 2.05) is 0 Å². The van der Waals surface area contributed by atoms with Crippen LogP contribution in [0.5, 0.6) is 5.75 Å². The van der Waals surface area contributed by atoms with Crippen molar-refractivity contribution >= 4 is 17.6 Å². The van der Waals surface area contributed by atoms with Gasteiger partial charge in [0.2, 0.25) is 0 Å². The van der Waals surface area contributed by atoms with Crippen LogP contribution in [0.25, 0.3) is 0 Å². The predicted molar refractivity (Wildman–Crippen MR) is 83.6 cm³/mol. The summed E-state index contributed by atoms with van der Waals surface area (Å²) < 4.78 is 84.3. The molecule has 1 N–H and O–H groups in total. The van der Waals surface area contributed by atoms with E-state index in [9.17, 15) is 31.1 Å². The summed E-state index contributed by atoms with van der Waals surface area (Å²) >= 11 is 6.01. The lowest BCUT2D eigenvalue weighted by Gasteiger charge is -2.34. The fraction of sp³-hybridized carbons (Fsp3) is 0.562. The number of halogens is 7. The van der Waals surface area contributed by atoms with E-state index < -0.39 is 49.4 Å². The first-order chi connectivity index (χ1) is 12.5. The number of fused-ring (bicyclic) bond motifs is 1. The monoisotopic (exact) mass is 416 g/mol. The second kappa shape index (κ2) is 6.65. The maximum absolute atomic E-state index is 13.1. The summed E-state index contributed by atoms with van der Waals surface area (Å²) in [7, 11) is 0. The molecular formula is C16H15ClF6N2O2. The average molecular weight is 417 g/mol. The largest absolute Gasteiger partial charge is 0.492 e. The molecule has 27 heavy (non-hydrogen) atoms. The number of urea groups is 1. The van der Waals surface area contributed by atoms with Crippen molar-refractivity contribution < 1.29 is 35.9 Å². The highest BCUT2D eigenvalue weighted by Crippen LogP contribution is 2.55. The minimum Gasteiger partial charge on any atom is -0.492 e. The number of hydrogen-bond acceptors (Lipinski definition) is 2. The Morgan fingerprint density at radius 2 is 1.89 bits per heavy atom. The zero-order chi connectivity index (χ0) is 20.0. The van der Waals surface area contributed by atoms with Gasteiger partial charge in [-0.25, -0.2) is 4.79 Å². The molecule has 1 unspecified atom stereocenters. The van der Waals surface area contributed by atoms with Gasteiger partial charge in [0.25, 0.3) is 0 Å². The van der Waals surface area contributed by atoms with Crippen molar-refractivity contribution in [1.29, 1.82) is 0 Å². The number of amides is 2. The van der Waals surface area contributed by atoms with E-state index in [-0.39, 0.29) is 6.61 Å². The lowest BCUT2D eigenvalue weighted by atomic mass is 9.85. The molecule has 0 saturated carbocycles. The first kappa shape index (κ1) is 19.9. The number of nitrogens with zero attached hydrogens (tertiary/aromatic N) is 1. The molecule has 0 spiro atoms. The van der Waals surface area contributed by atoms with Crippen molar-refractivity contribution in [1.82, 2.24) is 10.2 Å². The summed E-state index contributed by atoms with van der Waals surface area (Å²) in [5, 5.41) is 2.80. The van der Waals surface area contributed by atoms with Crippen molar-refractivity contribution in [3.05, 3.63) is 28.8 Å². The molecule has 2 heterocycles. The first-order valence-electron chi connectivity index (χ1n) is 8.06. The molecule has 0 bridgehead atoms. The number of likely N-dealkylation sites (tertiary alicyclic amines) is 1. The number of benzene rings is 1. The molecule has 150 valence electrons. The van der Waals surface area contributed by atoms with Crippen molar-refractivity contribution in [3.8, 4) is 5.75 Å². The van der Waals surface area contributed by atoms with Crippen LogP contribution in [0.4, 0.5) is 31.1 Å². The fourth-order valence-electron chi connectivity index (χ4n) is 3.38. The molecule has 1 fully saturated rings. The van der Waals surface area contributed by atoms with E-state index in [0.29, 0.717) is 27.7 Å². The maximum atomic E-state index is 13.1. The second-order valence-corrected chi connectivity index (χ2v) is 6.95. The van der Waals surface area contributed by atoms with Gasteiger partial charge >= 0.3 is 18.4 Å². The van der Waals surface area contributed by atoms with Crippen LogP contribution in [-0.2, 0) is 0 Å². The molecule has 0 aromatic heterocycles. The Hall–Kier alpha value is -1.84. The molecule has 2 aliphatic rings. The molecule has 4 nitrogen and oxygen atoms in total. The number of alkyl halides is 6. The Labute approximate surface area is 155 Å². The second-order valence-electron chi connectivity index (χ2n) is 6.55. The highest BCUT2D eigenvalue weighted by molar-refractivity contribution is 6.32. The molecule has 1 atom stereocenters. The van der Waals surface area contributed by atoms with Crippen LogP contribution < -0.4 is 10.1 Å².